The van der Waals surface area contributed by atoms with E-state index in [1.54, 1.807) is 0 Å². The van der Waals surface area contributed by atoms with E-state index in [1.165, 1.54) is 5.39 Å². The van der Waals surface area contributed by atoms with Gasteiger partial charge in [0.05, 0.1) is 23.2 Å². The molecule has 106 valence electrons. The SMILES string of the molecule is O=S(Cc1ccc2ccccc2c1)c1ccccc1CO. The van der Waals surface area contributed by atoms with Crippen LogP contribution in [0.5, 0.6) is 0 Å². The topological polar surface area (TPSA) is 37.3 Å². The van der Waals surface area contributed by atoms with Gasteiger partial charge in [-0.1, -0.05) is 60.7 Å². The van der Waals surface area contributed by atoms with Crippen LogP contribution in [0.4, 0.5) is 0 Å². The van der Waals surface area contributed by atoms with Crippen molar-refractivity contribution in [1.82, 2.24) is 0 Å². The molecule has 3 rings (SSSR count). The second kappa shape index (κ2) is 6.20. The normalized spacial score (nSPS) is 12.4. The Labute approximate surface area is 126 Å². The predicted molar refractivity (Wildman–Crippen MR) is 86.4 cm³/mol. The summed E-state index contributed by atoms with van der Waals surface area (Å²) in [5.41, 5.74) is 1.77. The van der Waals surface area contributed by atoms with E-state index in [4.69, 9.17) is 0 Å². The highest BCUT2D eigenvalue weighted by atomic mass is 32.2. The number of benzene rings is 3. The summed E-state index contributed by atoms with van der Waals surface area (Å²) < 4.78 is 12.5. The number of hydrogen-bond donors (Lipinski definition) is 1. The zero-order valence-electron chi connectivity index (χ0n) is 11.5. The van der Waals surface area contributed by atoms with Gasteiger partial charge in [0.2, 0.25) is 0 Å². The van der Waals surface area contributed by atoms with E-state index in [2.05, 4.69) is 24.3 Å². The van der Waals surface area contributed by atoms with Crippen molar-refractivity contribution in [2.24, 2.45) is 0 Å². The summed E-state index contributed by atoms with van der Waals surface area (Å²) in [6, 6.07) is 21.6. The lowest BCUT2D eigenvalue weighted by Gasteiger charge is -2.08. The fraction of sp³-hybridized carbons (Fsp3) is 0.111. The van der Waals surface area contributed by atoms with Gasteiger partial charge < -0.3 is 5.11 Å². The maximum atomic E-state index is 12.5. The van der Waals surface area contributed by atoms with Gasteiger partial charge in [-0.15, -0.1) is 0 Å². The standard InChI is InChI=1S/C18H16O2S/c19-12-17-7-3-4-8-18(17)21(20)13-14-9-10-15-5-1-2-6-16(15)11-14/h1-11,19H,12-13H2. The number of hydrogen-bond acceptors (Lipinski definition) is 2. The summed E-state index contributed by atoms with van der Waals surface area (Å²) in [7, 11) is -1.15. The Morgan fingerprint density at radius 1 is 0.857 bits per heavy atom. The molecular formula is C18H16O2S. The lowest BCUT2D eigenvalue weighted by atomic mass is 10.1. The van der Waals surface area contributed by atoms with Crippen molar-refractivity contribution in [3.8, 4) is 0 Å². The molecule has 0 fully saturated rings. The number of aliphatic hydroxyl groups excluding tert-OH is 1. The average molecular weight is 296 g/mol. The summed E-state index contributed by atoms with van der Waals surface area (Å²) in [4.78, 5) is 0.716. The van der Waals surface area contributed by atoms with Gasteiger partial charge in [0.1, 0.15) is 0 Å². The van der Waals surface area contributed by atoms with Gasteiger partial charge in [0, 0.05) is 4.90 Å². The molecule has 0 aliphatic carbocycles. The third kappa shape index (κ3) is 3.04. The average Bonchev–Trinajstić information content (AvgIpc) is 2.54. The first-order valence-electron chi connectivity index (χ1n) is 6.83. The fourth-order valence-corrected chi connectivity index (χ4v) is 3.71. The Balaban J connectivity index is 1.89. The van der Waals surface area contributed by atoms with Crippen LogP contribution in [0.3, 0.4) is 0 Å². The van der Waals surface area contributed by atoms with Crippen LogP contribution in [-0.2, 0) is 23.2 Å². The molecule has 0 radical (unpaired) electrons. The lowest BCUT2D eigenvalue weighted by Crippen LogP contribution is -2.00. The highest BCUT2D eigenvalue weighted by Gasteiger charge is 2.09. The van der Waals surface area contributed by atoms with Crippen LogP contribution in [0.2, 0.25) is 0 Å². The first-order chi connectivity index (χ1) is 10.3. The van der Waals surface area contributed by atoms with Gasteiger partial charge in [-0.3, -0.25) is 4.21 Å². The maximum Gasteiger partial charge on any atom is 0.0693 e. The van der Waals surface area contributed by atoms with Crippen molar-refractivity contribution in [2.75, 3.05) is 0 Å². The molecule has 0 saturated carbocycles. The van der Waals surface area contributed by atoms with E-state index in [0.29, 0.717) is 10.6 Å². The smallest absolute Gasteiger partial charge is 0.0693 e. The summed E-state index contributed by atoms with van der Waals surface area (Å²) in [6.45, 7) is -0.0837. The molecular weight excluding hydrogens is 280 g/mol. The van der Waals surface area contributed by atoms with Gasteiger partial charge in [-0.2, -0.15) is 0 Å². The van der Waals surface area contributed by atoms with Crippen molar-refractivity contribution < 1.29 is 9.32 Å². The van der Waals surface area contributed by atoms with Gasteiger partial charge >= 0.3 is 0 Å². The zero-order valence-corrected chi connectivity index (χ0v) is 12.3. The Morgan fingerprint density at radius 2 is 1.57 bits per heavy atom. The Bertz CT molecular complexity index is 796. The largest absolute Gasteiger partial charge is 0.392 e. The van der Waals surface area contributed by atoms with Crippen LogP contribution in [0, 0.1) is 0 Å². The van der Waals surface area contributed by atoms with Crippen molar-refractivity contribution in [2.45, 2.75) is 17.3 Å². The van der Waals surface area contributed by atoms with Crippen molar-refractivity contribution in [3.05, 3.63) is 77.9 Å². The molecule has 1 atom stereocenters. The minimum absolute atomic E-state index is 0.0837. The van der Waals surface area contributed by atoms with Gasteiger partial charge in [-0.05, 0) is 28.0 Å². The van der Waals surface area contributed by atoms with E-state index in [1.807, 2.05) is 42.5 Å². The molecule has 0 aliphatic heterocycles. The monoisotopic (exact) mass is 296 g/mol. The molecule has 0 aliphatic rings. The first-order valence-corrected chi connectivity index (χ1v) is 8.14. The molecule has 0 amide bonds. The minimum atomic E-state index is -1.15. The quantitative estimate of drug-likeness (QED) is 0.798. The van der Waals surface area contributed by atoms with Crippen LogP contribution in [0.25, 0.3) is 10.8 Å². The number of rotatable bonds is 4. The molecule has 3 aromatic rings. The third-order valence-corrected chi connectivity index (χ3v) is 4.98. The molecule has 3 aromatic carbocycles. The summed E-state index contributed by atoms with van der Waals surface area (Å²) in [5.74, 6) is 0.460. The highest BCUT2D eigenvalue weighted by Crippen LogP contribution is 2.20. The maximum absolute atomic E-state index is 12.5. The van der Waals surface area contributed by atoms with Gasteiger partial charge in [-0.25, -0.2) is 0 Å². The molecule has 0 aromatic heterocycles. The molecule has 1 N–H and O–H groups in total. The number of aliphatic hydroxyl groups is 1. The number of fused-ring (bicyclic) bond motifs is 1. The van der Waals surface area contributed by atoms with E-state index in [9.17, 15) is 9.32 Å². The van der Waals surface area contributed by atoms with Crippen molar-refractivity contribution in [1.29, 1.82) is 0 Å². The van der Waals surface area contributed by atoms with Crippen LogP contribution in [-0.4, -0.2) is 9.32 Å². The van der Waals surface area contributed by atoms with E-state index in [0.717, 1.165) is 16.5 Å². The third-order valence-electron chi connectivity index (χ3n) is 3.50. The van der Waals surface area contributed by atoms with Gasteiger partial charge in [0.15, 0.2) is 0 Å². The molecule has 1 unspecified atom stereocenters. The minimum Gasteiger partial charge on any atom is -0.392 e. The Kier molecular flexibility index (Phi) is 4.13. The van der Waals surface area contributed by atoms with Crippen LogP contribution in [0.15, 0.2) is 71.6 Å². The van der Waals surface area contributed by atoms with E-state index >= 15 is 0 Å². The van der Waals surface area contributed by atoms with Crippen molar-refractivity contribution in [3.63, 3.8) is 0 Å². The summed E-state index contributed by atoms with van der Waals surface area (Å²) in [5, 5.41) is 11.7. The molecule has 0 bridgehead atoms. The van der Waals surface area contributed by atoms with E-state index < -0.39 is 10.8 Å². The zero-order chi connectivity index (χ0) is 14.7. The Morgan fingerprint density at radius 3 is 2.38 bits per heavy atom. The molecule has 3 heteroatoms. The molecule has 0 heterocycles. The fourth-order valence-electron chi connectivity index (χ4n) is 2.41. The molecule has 21 heavy (non-hydrogen) atoms. The second-order valence-corrected chi connectivity index (χ2v) is 6.36. The molecule has 2 nitrogen and oxygen atoms in total. The summed E-state index contributed by atoms with van der Waals surface area (Å²) >= 11 is 0. The molecule has 0 saturated heterocycles. The second-order valence-electron chi connectivity index (χ2n) is 4.94. The predicted octanol–water partition coefficient (Wildman–Crippen LogP) is 3.64. The first kappa shape index (κ1) is 14.0. The summed E-state index contributed by atoms with van der Waals surface area (Å²) in [6.07, 6.45) is 0. The van der Waals surface area contributed by atoms with Crippen LogP contribution in [0.1, 0.15) is 11.1 Å². The van der Waals surface area contributed by atoms with E-state index in [-0.39, 0.29) is 6.61 Å². The highest BCUT2D eigenvalue weighted by molar-refractivity contribution is 7.84. The molecule has 0 spiro atoms. The Hall–Kier alpha value is -1.97. The van der Waals surface area contributed by atoms with Crippen molar-refractivity contribution >= 4 is 21.6 Å². The van der Waals surface area contributed by atoms with Crippen LogP contribution >= 0.6 is 0 Å². The van der Waals surface area contributed by atoms with Gasteiger partial charge in [0.25, 0.3) is 0 Å². The van der Waals surface area contributed by atoms with Crippen LogP contribution < -0.4 is 0 Å². The lowest BCUT2D eigenvalue weighted by molar-refractivity contribution is 0.278.